The van der Waals surface area contributed by atoms with Gasteiger partial charge in [0.15, 0.2) is 0 Å². The maximum absolute atomic E-state index is 12.2. The fourth-order valence-corrected chi connectivity index (χ4v) is 4.53. The van der Waals surface area contributed by atoms with Crippen molar-refractivity contribution >= 4 is 33.4 Å². The van der Waals surface area contributed by atoms with Crippen LogP contribution in [-0.4, -0.2) is 36.0 Å². The van der Waals surface area contributed by atoms with Gasteiger partial charge in [-0.2, -0.15) is 5.10 Å². The summed E-state index contributed by atoms with van der Waals surface area (Å²) in [5.74, 6) is 0.00625. The van der Waals surface area contributed by atoms with Crippen molar-refractivity contribution in [2.45, 2.75) is 26.2 Å². The van der Waals surface area contributed by atoms with Gasteiger partial charge < -0.3 is 10.3 Å². The van der Waals surface area contributed by atoms with Crippen molar-refractivity contribution in [3.8, 4) is 33.8 Å². The molecule has 6 aromatic rings. The van der Waals surface area contributed by atoms with Crippen LogP contribution in [0.5, 0.6) is 0 Å². The number of aromatic nitrogens is 6. The summed E-state index contributed by atoms with van der Waals surface area (Å²) in [7, 11) is 0. The van der Waals surface area contributed by atoms with E-state index in [1.165, 1.54) is 0 Å². The summed E-state index contributed by atoms with van der Waals surface area (Å²) < 4.78 is 0. The minimum Gasteiger partial charge on any atom is -0.352 e. The summed E-state index contributed by atoms with van der Waals surface area (Å²) in [5, 5.41) is 12.7. The number of anilines is 1. The lowest BCUT2D eigenvalue weighted by molar-refractivity contribution is -0.116. The first-order valence-corrected chi connectivity index (χ1v) is 12.3. The van der Waals surface area contributed by atoms with Gasteiger partial charge >= 0.3 is 0 Å². The highest BCUT2D eigenvalue weighted by Crippen LogP contribution is 2.34. The van der Waals surface area contributed by atoms with Crippen molar-refractivity contribution in [3.63, 3.8) is 0 Å². The van der Waals surface area contributed by atoms with E-state index >= 15 is 0 Å². The first kappa shape index (κ1) is 22.6. The maximum atomic E-state index is 12.2. The molecule has 0 unspecified atom stereocenters. The Labute approximate surface area is 213 Å². The number of amides is 1. The van der Waals surface area contributed by atoms with Crippen molar-refractivity contribution in [3.05, 3.63) is 79.5 Å². The molecule has 0 spiro atoms. The molecule has 37 heavy (non-hydrogen) atoms. The Kier molecular flexibility index (Phi) is 5.90. The summed E-state index contributed by atoms with van der Waals surface area (Å²) in [6, 6.07) is 16.0. The molecule has 0 radical (unpaired) electrons. The molecule has 0 aliphatic carbocycles. The van der Waals surface area contributed by atoms with Gasteiger partial charge in [0.2, 0.25) is 5.91 Å². The van der Waals surface area contributed by atoms with Crippen LogP contribution in [0.3, 0.4) is 0 Å². The number of nitrogens with one attached hydrogen (secondary N) is 3. The van der Waals surface area contributed by atoms with Gasteiger partial charge in [-0.1, -0.05) is 25.5 Å². The number of unbranched alkanes of at least 4 members (excludes halogenated alkanes) is 1. The molecule has 0 atom stereocenters. The smallest absolute Gasteiger partial charge is 0.224 e. The second kappa shape index (κ2) is 9.66. The van der Waals surface area contributed by atoms with Crippen LogP contribution in [0.4, 0.5) is 5.69 Å². The van der Waals surface area contributed by atoms with E-state index in [2.05, 4.69) is 54.5 Å². The molecule has 0 saturated carbocycles. The van der Waals surface area contributed by atoms with Gasteiger partial charge in [-0.25, -0.2) is 0 Å². The van der Waals surface area contributed by atoms with Gasteiger partial charge in [-0.05, 0) is 48.4 Å². The van der Waals surface area contributed by atoms with Crippen LogP contribution in [0.1, 0.15) is 26.2 Å². The van der Waals surface area contributed by atoms with Gasteiger partial charge in [0.25, 0.3) is 0 Å². The molecule has 5 heterocycles. The van der Waals surface area contributed by atoms with Crippen molar-refractivity contribution in [1.82, 2.24) is 30.1 Å². The summed E-state index contributed by atoms with van der Waals surface area (Å²) in [4.78, 5) is 28.9. The van der Waals surface area contributed by atoms with E-state index in [4.69, 9.17) is 0 Å². The van der Waals surface area contributed by atoms with E-state index in [9.17, 15) is 4.79 Å². The third kappa shape index (κ3) is 4.45. The highest BCUT2D eigenvalue weighted by atomic mass is 16.1. The highest BCUT2D eigenvalue weighted by Gasteiger charge is 2.15. The SMILES string of the molecule is CCCCC(=O)Nc1cncc(-c2ccc3[nH]nc(-c4cc5c(-c6ccccn6)cncc5[nH]4)c3c2)c1. The Morgan fingerprint density at radius 1 is 0.919 bits per heavy atom. The molecular formula is C29H25N7O. The molecular weight excluding hydrogens is 462 g/mol. The molecule has 8 heteroatoms. The number of hydrogen-bond acceptors (Lipinski definition) is 5. The molecule has 3 N–H and O–H groups in total. The monoisotopic (exact) mass is 487 g/mol. The highest BCUT2D eigenvalue weighted by molar-refractivity contribution is 6.01. The largest absolute Gasteiger partial charge is 0.352 e. The third-order valence-corrected chi connectivity index (χ3v) is 6.42. The summed E-state index contributed by atoms with van der Waals surface area (Å²) >= 11 is 0. The minimum atomic E-state index is 0.00625. The fraction of sp³-hybridized carbons (Fsp3) is 0.138. The van der Waals surface area contributed by atoms with Crippen LogP contribution in [0.2, 0.25) is 0 Å². The Morgan fingerprint density at radius 3 is 2.70 bits per heavy atom. The summed E-state index contributed by atoms with van der Waals surface area (Å²) in [6.45, 7) is 2.07. The van der Waals surface area contributed by atoms with E-state index in [0.29, 0.717) is 12.1 Å². The van der Waals surface area contributed by atoms with Crippen molar-refractivity contribution in [1.29, 1.82) is 0 Å². The molecule has 0 aliphatic rings. The Balaban J connectivity index is 1.37. The summed E-state index contributed by atoms with van der Waals surface area (Å²) in [5.41, 5.74) is 7.98. The average molecular weight is 488 g/mol. The predicted octanol–water partition coefficient (Wildman–Crippen LogP) is 6.36. The summed E-state index contributed by atoms with van der Waals surface area (Å²) in [6.07, 6.45) is 11.3. The molecule has 0 fully saturated rings. The quantitative estimate of drug-likeness (QED) is 0.243. The number of nitrogens with zero attached hydrogens (tertiary/aromatic N) is 4. The lowest BCUT2D eigenvalue weighted by Crippen LogP contribution is -2.11. The van der Waals surface area contributed by atoms with E-state index in [1.54, 1.807) is 18.6 Å². The van der Waals surface area contributed by atoms with E-state index in [-0.39, 0.29) is 5.91 Å². The lowest BCUT2D eigenvalue weighted by atomic mass is 10.0. The molecule has 1 aromatic carbocycles. The molecule has 1 amide bonds. The molecule has 8 nitrogen and oxygen atoms in total. The third-order valence-electron chi connectivity index (χ3n) is 6.42. The van der Waals surface area contributed by atoms with Crippen LogP contribution < -0.4 is 5.32 Å². The van der Waals surface area contributed by atoms with Crippen molar-refractivity contribution < 1.29 is 4.79 Å². The van der Waals surface area contributed by atoms with Gasteiger partial charge in [-0.3, -0.25) is 24.8 Å². The average Bonchev–Trinajstić information content (AvgIpc) is 3.56. The Hall–Kier alpha value is -4.85. The van der Waals surface area contributed by atoms with Crippen molar-refractivity contribution in [2.24, 2.45) is 0 Å². The van der Waals surface area contributed by atoms with Crippen LogP contribution in [0.25, 0.3) is 55.6 Å². The van der Waals surface area contributed by atoms with Crippen LogP contribution in [0.15, 0.2) is 79.5 Å². The number of H-pyrrole nitrogens is 2. The molecule has 0 bridgehead atoms. The van der Waals surface area contributed by atoms with Gasteiger partial charge in [0.1, 0.15) is 5.69 Å². The number of benzene rings is 1. The van der Waals surface area contributed by atoms with Crippen LogP contribution in [0, 0.1) is 0 Å². The predicted molar refractivity (Wildman–Crippen MR) is 146 cm³/mol. The molecule has 6 rings (SSSR count). The zero-order chi connectivity index (χ0) is 25.2. The molecule has 0 aliphatic heterocycles. The van der Waals surface area contributed by atoms with E-state index in [1.807, 2.05) is 48.8 Å². The van der Waals surface area contributed by atoms with Gasteiger partial charge in [-0.15, -0.1) is 0 Å². The number of hydrogen-bond donors (Lipinski definition) is 3. The van der Waals surface area contributed by atoms with Gasteiger partial charge in [0.05, 0.1) is 40.5 Å². The zero-order valence-electron chi connectivity index (χ0n) is 20.3. The lowest BCUT2D eigenvalue weighted by Gasteiger charge is -2.07. The number of aromatic amines is 2. The number of pyridine rings is 3. The van der Waals surface area contributed by atoms with Gasteiger partial charge in [0, 0.05) is 46.9 Å². The van der Waals surface area contributed by atoms with Crippen LogP contribution in [-0.2, 0) is 4.79 Å². The standard InChI is InChI=1S/C29H25N7O/c1-2-3-7-28(37)33-20-11-19(14-30-15-20)18-8-9-25-22(12-18)29(36-35-25)26-13-21-23(16-31-17-27(21)34-26)24-6-4-5-10-32-24/h4-6,8-17,34H,2-3,7H2,1H3,(H,33,37)(H,35,36). The maximum Gasteiger partial charge on any atom is 0.224 e. The number of fused-ring (bicyclic) bond motifs is 2. The van der Waals surface area contributed by atoms with E-state index < -0.39 is 0 Å². The Bertz CT molecular complexity index is 1720. The number of rotatable bonds is 7. The first-order valence-electron chi connectivity index (χ1n) is 12.3. The molecule has 182 valence electrons. The Morgan fingerprint density at radius 2 is 1.84 bits per heavy atom. The second-order valence-corrected chi connectivity index (χ2v) is 8.99. The number of carbonyl (C=O) groups excluding carboxylic acids is 1. The zero-order valence-corrected chi connectivity index (χ0v) is 20.3. The molecule has 0 saturated heterocycles. The topological polar surface area (TPSA) is 112 Å². The second-order valence-electron chi connectivity index (χ2n) is 8.99. The van der Waals surface area contributed by atoms with E-state index in [0.717, 1.165) is 68.4 Å². The first-order chi connectivity index (χ1) is 18.2. The van der Waals surface area contributed by atoms with Crippen molar-refractivity contribution in [2.75, 3.05) is 5.32 Å². The fourth-order valence-electron chi connectivity index (χ4n) is 4.53. The minimum absolute atomic E-state index is 0.00625. The normalized spacial score (nSPS) is 11.3. The molecule has 5 aromatic heterocycles. The number of carbonyl (C=O) groups is 1. The van der Waals surface area contributed by atoms with Crippen LogP contribution >= 0.6 is 0 Å².